The van der Waals surface area contributed by atoms with Crippen LogP contribution in [-0.2, 0) is 26.0 Å². The zero-order valence-electron chi connectivity index (χ0n) is 19.4. The third-order valence-corrected chi connectivity index (χ3v) is 5.21. The van der Waals surface area contributed by atoms with E-state index in [2.05, 4.69) is 9.50 Å². The molecule has 0 heterocycles. The van der Waals surface area contributed by atoms with Gasteiger partial charge in [0.15, 0.2) is 5.75 Å². The zero-order chi connectivity index (χ0) is 26.4. The first-order valence-corrected chi connectivity index (χ1v) is 11.6. The van der Waals surface area contributed by atoms with E-state index in [1.54, 1.807) is 39.0 Å². The summed E-state index contributed by atoms with van der Waals surface area (Å²) < 4.78 is 76.2. The molecule has 0 saturated carbocycles. The van der Waals surface area contributed by atoms with Crippen molar-refractivity contribution in [2.24, 2.45) is 0 Å². The Morgan fingerprint density at radius 1 is 0.971 bits per heavy atom. The molecular formula is C22H25F3N2O7S. The van der Waals surface area contributed by atoms with Crippen LogP contribution in [0, 0.1) is 0 Å². The van der Waals surface area contributed by atoms with E-state index in [1.807, 2.05) is 0 Å². The summed E-state index contributed by atoms with van der Waals surface area (Å²) in [6.45, 7) is 5.21. The van der Waals surface area contributed by atoms with Crippen LogP contribution in [0.2, 0.25) is 0 Å². The fourth-order valence-corrected chi connectivity index (χ4v) is 3.32. The van der Waals surface area contributed by atoms with Gasteiger partial charge in [0.1, 0.15) is 5.60 Å². The number of alkyl halides is 3. The minimum atomic E-state index is -6.01. The Morgan fingerprint density at radius 2 is 1.54 bits per heavy atom. The van der Waals surface area contributed by atoms with Gasteiger partial charge >= 0.3 is 27.8 Å². The molecule has 0 atom stereocenters. The van der Waals surface area contributed by atoms with Crippen molar-refractivity contribution >= 4 is 33.7 Å². The molecule has 2 aromatic carbocycles. The van der Waals surface area contributed by atoms with Crippen LogP contribution in [0.5, 0.6) is 5.75 Å². The van der Waals surface area contributed by atoms with Crippen LogP contribution >= 0.6 is 0 Å². The maximum atomic E-state index is 12.9. The number of para-hydroxylation sites is 3. The van der Waals surface area contributed by atoms with Gasteiger partial charge in [0, 0.05) is 6.54 Å². The zero-order valence-corrected chi connectivity index (χ0v) is 20.2. The summed E-state index contributed by atoms with van der Waals surface area (Å²) in [6.07, 6.45) is -1.49. The van der Waals surface area contributed by atoms with Crippen molar-refractivity contribution in [1.29, 1.82) is 0 Å². The van der Waals surface area contributed by atoms with E-state index in [0.717, 1.165) is 18.1 Å². The first kappa shape index (κ1) is 27.8. The highest BCUT2D eigenvalue weighted by Gasteiger charge is 2.49. The highest BCUT2D eigenvalue weighted by Crippen LogP contribution is 2.38. The summed E-state index contributed by atoms with van der Waals surface area (Å²) in [5.41, 5.74) is -6.03. The Bertz CT molecular complexity index is 1160. The predicted molar refractivity (Wildman–Crippen MR) is 121 cm³/mol. The number of ether oxygens (including phenoxy) is 2. The number of halogens is 3. The molecule has 0 aliphatic heterocycles. The quantitative estimate of drug-likeness (QED) is 0.411. The Balaban J connectivity index is 2.43. The summed E-state index contributed by atoms with van der Waals surface area (Å²) >= 11 is 0. The van der Waals surface area contributed by atoms with Gasteiger partial charge in [0.2, 0.25) is 0 Å². The average Bonchev–Trinajstić information content (AvgIpc) is 2.73. The van der Waals surface area contributed by atoms with E-state index >= 15 is 0 Å². The largest absolute Gasteiger partial charge is 0.534 e. The normalized spacial score (nSPS) is 12.0. The SMILES string of the molecule is COC(=O)N(c1ccccc1CCNC(=O)OC(C)(C)C)c1ccccc1OS(=O)(=O)C(F)(F)F. The van der Waals surface area contributed by atoms with Crippen LogP contribution in [-0.4, -0.2) is 45.4 Å². The van der Waals surface area contributed by atoms with Crippen molar-refractivity contribution in [1.82, 2.24) is 5.32 Å². The molecule has 0 aromatic heterocycles. The Kier molecular flexibility index (Phi) is 8.60. The lowest BCUT2D eigenvalue weighted by Gasteiger charge is -2.26. The van der Waals surface area contributed by atoms with Crippen LogP contribution in [0.1, 0.15) is 26.3 Å². The average molecular weight is 519 g/mol. The number of amides is 2. The number of anilines is 2. The minimum Gasteiger partial charge on any atom is -0.452 e. The molecular weight excluding hydrogens is 493 g/mol. The first-order valence-electron chi connectivity index (χ1n) is 10.2. The van der Waals surface area contributed by atoms with Gasteiger partial charge < -0.3 is 19.0 Å². The van der Waals surface area contributed by atoms with Gasteiger partial charge in [-0.3, -0.25) is 0 Å². The molecule has 0 unspecified atom stereocenters. The lowest BCUT2D eigenvalue weighted by molar-refractivity contribution is -0.0499. The summed E-state index contributed by atoms with van der Waals surface area (Å²) in [5, 5.41) is 2.57. The second kappa shape index (κ2) is 10.8. The third-order valence-electron chi connectivity index (χ3n) is 4.24. The number of nitrogens with zero attached hydrogens (tertiary/aromatic N) is 1. The number of hydrogen-bond donors (Lipinski definition) is 1. The van der Waals surface area contributed by atoms with E-state index in [0.29, 0.717) is 5.56 Å². The van der Waals surface area contributed by atoms with Crippen LogP contribution in [0.25, 0.3) is 0 Å². The molecule has 0 radical (unpaired) electrons. The predicted octanol–water partition coefficient (Wildman–Crippen LogP) is 4.89. The van der Waals surface area contributed by atoms with E-state index in [-0.39, 0.29) is 24.3 Å². The third kappa shape index (κ3) is 7.50. The number of rotatable bonds is 7. The van der Waals surface area contributed by atoms with E-state index in [4.69, 9.17) is 9.47 Å². The fraction of sp³-hybridized carbons (Fsp3) is 0.364. The summed E-state index contributed by atoms with van der Waals surface area (Å²) in [5.74, 6) is -0.739. The minimum absolute atomic E-state index is 0.0987. The summed E-state index contributed by atoms with van der Waals surface area (Å²) in [4.78, 5) is 25.5. The Labute approximate surface area is 200 Å². The van der Waals surface area contributed by atoms with Crippen molar-refractivity contribution < 1.29 is 44.8 Å². The number of carbonyl (C=O) groups excluding carboxylic acids is 2. The lowest BCUT2D eigenvalue weighted by atomic mass is 10.1. The molecule has 192 valence electrons. The molecule has 2 aromatic rings. The fourth-order valence-electron chi connectivity index (χ4n) is 2.85. The lowest BCUT2D eigenvalue weighted by Crippen LogP contribution is -2.34. The molecule has 0 fully saturated rings. The van der Waals surface area contributed by atoms with Crippen molar-refractivity contribution in [3.8, 4) is 5.75 Å². The molecule has 13 heteroatoms. The number of carbonyl (C=O) groups is 2. The van der Waals surface area contributed by atoms with Crippen LogP contribution in [0.15, 0.2) is 48.5 Å². The number of methoxy groups -OCH3 is 1. The smallest absolute Gasteiger partial charge is 0.452 e. The summed E-state index contributed by atoms with van der Waals surface area (Å²) in [6, 6.07) is 11.1. The molecule has 1 N–H and O–H groups in total. The molecule has 2 amide bonds. The number of benzene rings is 2. The Hall–Kier alpha value is -3.48. The molecule has 0 spiro atoms. The van der Waals surface area contributed by atoms with Gasteiger partial charge in [0.25, 0.3) is 0 Å². The molecule has 2 rings (SSSR count). The van der Waals surface area contributed by atoms with E-state index in [1.165, 1.54) is 24.3 Å². The van der Waals surface area contributed by atoms with Crippen LogP contribution in [0.3, 0.4) is 0 Å². The summed E-state index contributed by atoms with van der Waals surface area (Å²) in [7, 11) is -4.96. The number of hydrogen-bond acceptors (Lipinski definition) is 7. The maximum absolute atomic E-state index is 12.9. The molecule has 9 nitrogen and oxygen atoms in total. The van der Waals surface area contributed by atoms with Gasteiger partial charge in [-0.1, -0.05) is 30.3 Å². The van der Waals surface area contributed by atoms with Gasteiger partial charge in [-0.2, -0.15) is 21.6 Å². The monoisotopic (exact) mass is 518 g/mol. The van der Waals surface area contributed by atoms with Gasteiger partial charge in [-0.05, 0) is 51.0 Å². The standard InChI is InChI=1S/C22H25F3N2O7S/c1-21(2,3)33-19(28)26-14-13-15-9-5-6-10-16(15)27(20(29)32-4)17-11-7-8-12-18(17)34-35(30,31)22(23,24)25/h5-12H,13-14H2,1-4H3,(H,26,28). The van der Waals surface area contributed by atoms with Gasteiger partial charge in [-0.25, -0.2) is 14.5 Å². The van der Waals surface area contributed by atoms with Gasteiger partial charge in [0.05, 0.1) is 18.5 Å². The van der Waals surface area contributed by atoms with Crippen LogP contribution < -0.4 is 14.4 Å². The second-order valence-electron chi connectivity index (χ2n) is 8.06. The highest BCUT2D eigenvalue weighted by molar-refractivity contribution is 7.88. The maximum Gasteiger partial charge on any atom is 0.534 e. The van der Waals surface area contributed by atoms with Crippen molar-refractivity contribution in [3.63, 3.8) is 0 Å². The van der Waals surface area contributed by atoms with E-state index in [9.17, 15) is 31.2 Å². The second-order valence-corrected chi connectivity index (χ2v) is 9.60. The van der Waals surface area contributed by atoms with Crippen LogP contribution in [0.4, 0.5) is 34.1 Å². The number of nitrogens with one attached hydrogen (secondary N) is 1. The van der Waals surface area contributed by atoms with Crippen molar-refractivity contribution in [2.75, 3.05) is 18.6 Å². The van der Waals surface area contributed by atoms with Gasteiger partial charge in [-0.15, -0.1) is 0 Å². The van der Waals surface area contributed by atoms with Crippen molar-refractivity contribution in [3.05, 3.63) is 54.1 Å². The number of alkyl carbamates (subject to hydrolysis) is 1. The molecule has 0 aliphatic carbocycles. The Morgan fingerprint density at radius 3 is 2.11 bits per heavy atom. The highest BCUT2D eigenvalue weighted by atomic mass is 32.2. The molecule has 0 aliphatic rings. The topological polar surface area (TPSA) is 111 Å². The molecule has 35 heavy (non-hydrogen) atoms. The molecule has 0 saturated heterocycles. The van der Waals surface area contributed by atoms with Crippen molar-refractivity contribution in [2.45, 2.75) is 38.3 Å². The first-order chi connectivity index (χ1) is 16.2. The van der Waals surface area contributed by atoms with E-state index < -0.39 is 39.2 Å². The molecule has 0 bridgehead atoms.